The van der Waals surface area contributed by atoms with Crippen molar-refractivity contribution >= 4 is 37.7 Å². The van der Waals surface area contributed by atoms with E-state index in [1.54, 1.807) is 9.25 Å². The lowest BCUT2D eigenvalue weighted by Gasteiger charge is -2.15. The molecular formula is C29H28N6O4S. The predicted molar refractivity (Wildman–Crippen MR) is 152 cm³/mol. The average Bonchev–Trinajstić information content (AvgIpc) is 3.66. The molecule has 0 atom stereocenters. The Labute approximate surface area is 230 Å². The summed E-state index contributed by atoms with van der Waals surface area (Å²) in [5.41, 5.74) is 1.65. The number of sulfonamides is 1. The molecule has 10 nitrogen and oxygen atoms in total. The zero-order valence-electron chi connectivity index (χ0n) is 21.7. The van der Waals surface area contributed by atoms with Crippen molar-refractivity contribution in [2.45, 2.75) is 30.8 Å². The first-order chi connectivity index (χ1) is 19.4. The fourth-order valence-corrected chi connectivity index (χ4v) is 6.64. The van der Waals surface area contributed by atoms with Crippen LogP contribution in [0.25, 0.3) is 21.8 Å². The smallest absolute Gasteiger partial charge is 0.264 e. The molecule has 11 heteroatoms. The Morgan fingerprint density at radius 2 is 1.68 bits per heavy atom. The van der Waals surface area contributed by atoms with Gasteiger partial charge in [-0.1, -0.05) is 42.5 Å². The maximum absolute atomic E-state index is 13.2. The second kappa shape index (κ2) is 10.7. The van der Waals surface area contributed by atoms with Crippen LogP contribution in [0.2, 0.25) is 0 Å². The average molecular weight is 557 g/mol. The second-order valence-corrected chi connectivity index (χ2v) is 11.8. The van der Waals surface area contributed by atoms with E-state index >= 15 is 0 Å². The molecule has 0 unspecified atom stereocenters. The zero-order chi connectivity index (χ0) is 27.7. The van der Waals surface area contributed by atoms with Gasteiger partial charge in [-0.3, -0.25) is 14.2 Å². The summed E-state index contributed by atoms with van der Waals surface area (Å²) in [5, 5.41) is 9.75. The molecular weight excluding hydrogens is 528 g/mol. The Kier molecular flexibility index (Phi) is 6.91. The van der Waals surface area contributed by atoms with Crippen LogP contribution < -0.4 is 10.9 Å². The third kappa shape index (κ3) is 4.89. The summed E-state index contributed by atoms with van der Waals surface area (Å²) in [6, 6.07) is 20.0. The SMILES string of the molecule is O=C(NCCn1ncc2c(=O)n(Cc3cccc4ccccc34)cnc21)c1ccc(S(=O)(=O)N2CCCC2)cc1. The number of benzene rings is 3. The fraction of sp³-hybridized carbons (Fsp3) is 0.241. The number of fused-ring (bicyclic) bond motifs is 2. The van der Waals surface area contributed by atoms with Gasteiger partial charge in [0, 0.05) is 25.2 Å². The number of carbonyl (C=O) groups excluding carboxylic acids is 1. The van der Waals surface area contributed by atoms with Crippen molar-refractivity contribution in [1.29, 1.82) is 0 Å². The molecule has 0 saturated carbocycles. The van der Waals surface area contributed by atoms with Gasteiger partial charge < -0.3 is 5.32 Å². The predicted octanol–water partition coefficient (Wildman–Crippen LogP) is 3.01. The zero-order valence-corrected chi connectivity index (χ0v) is 22.5. The second-order valence-electron chi connectivity index (χ2n) is 9.81. The van der Waals surface area contributed by atoms with Gasteiger partial charge in [0.2, 0.25) is 10.0 Å². The van der Waals surface area contributed by atoms with Crippen LogP contribution in [0.1, 0.15) is 28.8 Å². The van der Waals surface area contributed by atoms with Crippen molar-refractivity contribution in [2.75, 3.05) is 19.6 Å². The number of amides is 1. The molecule has 2 aromatic heterocycles. The Hall–Kier alpha value is -4.35. The Morgan fingerprint density at radius 3 is 2.48 bits per heavy atom. The number of hydrogen-bond donors (Lipinski definition) is 1. The van der Waals surface area contributed by atoms with Gasteiger partial charge in [-0.15, -0.1) is 0 Å². The van der Waals surface area contributed by atoms with Gasteiger partial charge in [0.1, 0.15) is 11.7 Å². The molecule has 40 heavy (non-hydrogen) atoms. The summed E-state index contributed by atoms with van der Waals surface area (Å²) in [7, 11) is -3.53. The fourth-order valence-electron chi connectivity index (χ4n) is 5.12. The van der Waals surface area contributed by atoms with Crippen molar-refractivity contribution < 1.29 is 13.2 Å². The van der Waals surface area contributed by atoms with Crippen molar-refractivity contribution in [2.24, 2.45) is 0 Å². The van der Waals surface area contributed by atoms with Crippen LogP contribution in [0.4, 0.5) is 0 Å². The molecule has 1 N–H and O–H groups in total. The lowest BCUT2D eigenvalue weighted by Crippen LogP contribution is -2.29. The minimum absolute atomic E-state index is 0.183. The molecule has 0 radical (unpaired) electrons. The molecule has 0 spiro atoms. The van der Waals surface area contributed by atoms with E-state index in [1.807, 2.05) is 42.5 Å². The third-order valence-electron chi connectivity index (χ3n) is 7.27. The molecule has 0 aliphatic carbocycles. The molecule has 3 heterocycles. The highest BCUT2D eigenvalue weighted by molar-refractivity contribution is 7.89. The maximum atomic E-state index is 13.2. The van der Waals surface area contributed by atoms with E-state index in [0.29, 0.717) is 42.8 Å². The molecule has 3 aromatic carbocycles. The van der Waals surface area contributed by atoms with Gasteiger partial charge >= 0.3 is 0 Å². The largest absolute Gasteiger partial charge is 0.350 e. The number of nitrogens with zero attached hydrogens (tertiary/aromatic N) is 5. The number of rotatable bonds is 8. The Balaban J connectivity index is 1.11. The first kappa shape index (κ1) is 25.9. The van der Waals surface area contributed by atoms with Gasteiger partial charge in [0.15, 0.2) is 5.65 Å². The minimum Gasteiger partial charge on any atom is -0.350 e. The summed E-state index contributed by atoms with van der Waals surface area (Å²) in [6.07, 6.45) is 4.76. The molecule has 1 aliphatic heterocycles. The first-order valence-corrected chi connectivity index (χ1v) is 14.6. The topological polar surface area (TPSA) is 119 Å². The highest BCUT2D eigenvalue weighted by atomic mass is 32.2. The van der Waals surface area contributed by atoms with Crippen LogP contribution in [0.15, 0.2) is 88.9 Å². The summed E-state index contributed by atoms with van der Waals surface area (Å²) >= 11 is 0. The number of hydrogen-bond acceptors (Lipinski definition) is 6. The van der Waals surface area contributed by atoms with Crippen LogP contribution in [0.3, 0.4) is 0 Å². The first-order valence-electron chi connectivity index (χ1n) is 13.2. The van der Waals surface area contributed by atoms with Gasteiger partial charge in [-0.2, -0.15) is 9.40 Å². The minimum atomic E-state index is -3.53. The standard InChI is InChI=1S/C29H28N6O4S/c36-28(22-10-12-24(13-11-22)40(38,39)34-15-3-4-16-34)30-14-17-35-27-26(18-32-35)29(37)33(20-31-27)19-23-8-5-7-21-6-1-2-9-25(21)23/h1-2,5-13,18,20H,3-4,14-17,19H2,(H,30,36). The van der Waals surface area contributed by atoms with Crippen molar-refractivity contribution in [3.05, 3.63) is 101 Å². The number of nitrogens with one attached hydrogen (secondary N) is 1. The molecule has 0 bridgehead atoms. The van der Waals surface area contributed by atoms with E-state index in [-0.39, 0.29) is 22.9 Å². The quantitative estimate of drug-likeness (QED) is 0.314. The van der Waals surface area contributed by atoms with Gasteiger partial charge in [-0.25, -0.2) is 18.1 Å². The van der Waals surface area contributed by atoms with E-state index in [9.17, 15) is 18.0 Å². The van der Waals surface area contributed by atoms with Crippen LogP contribution in [-0.2, 0) is 23.1 Å². The Morgan fingerprint density at radius 1 is 0.925 bits per heavy atom. The van der Waals surface area contributed by atoms with E-state index in [2.05, 4.69) is 15.4 Å². The van der Waals surface area contributed by atoms with Crippen molar-refractivity contribution in [3.8, 4) is 0 Å². The molecule has 6 rings (SSSR count). The van der Waals surface area contributed by atoms with Gasteiger partial charge in [0.05, 0.1) is 24.2 Å². The van der Waals surface area contributed by atoms with Crippen molar-refractivity contribution in [3.63, 3.8) is 0 Å². The van der Waals surface area contributed by atoms with Gasteiger partial charge in [0.25, 0.3) is 11.5 Å². The van der Waals surface area contributed by atoms with E-state index in [1.165, 1.54) is 41.1 Å². The monoisotopic (exact) mass is 556 g/mol. The normalized spacial score (nSPS) is 14.2. The third-order valence-corrected chi connectivity index (χ3v) is 9.18. The van der Waals surface area contributed by atoms with Crippen LogP contribution in [0, 0.1) is 0 Å². The van der Waals surface area contributed by atoms with E-state index < -0.39 is 10.0 Å². The molecule has 5 aromatic rings. The lowest BCUT2D eigenvalue weighted by molar-refractivity contribution is 0.0952. The summed E-state index contributed by atoms with van der Waals surface area (Å²) in [5.74, 6) is -0.327. The molecule has 1 aliphatic rings. The van der Waals surface area contributed by atoms with Crippen LogP contribution in [0.5, 0.6) is 0 Å². The van der Waals surface area contributed by atoms with E-state index in [4.69, 9.17) is 0 Å². The lowest BCUT2D eigenvalue weighted by atomic mass is 10.0. The highest BCUT2D eigenvalue weighted by Crippen LogP contribution is 2.21. The molecule has 1 amide bonds. The summed E-state index contributed by atoms with van der Waals surface area (Å²) < 4.78 is 30.0. The maximum Gasteiger partial charge on any atom is 0.264 e. The molecule has 1 saturated heterocycles. The summed E-state index contributed by atoms with van der Waals surface area (Å²) in [4.78, 5) is 30.5. The van der Waals surface area contributed by atoms with Crippen LogP contribution in [-0.4, -0.2) is 57.6 Å². The number of carbonyl (C=O) groups is 1. The van der Waals surface area contributed by atoms with Crippen LogP contribution >= 0.6 is 0 Å². The number of aromatic nitrogens is 4. The molecule has 1 fully saturated rings. The van der Waals surface area contributed by atoms with E-state index in [0.717, 1.165) is 29.2 Å². The van der Waals surface area contributed by atoms with Gasteiger partial charge in [-0.05, 0) is 53.4 Å². The van der Waals surface area contributed by atoms with Crippen molar-refractivity contribution in [1.82, 2.24) is 29.0 Å². The Bertz CT molecular complexity index is 1870. The molecule has 204 valence electrons. The highest BCUT2D eigenvalue weighted by Gasteiger charge is 2.27. The summed E-state index contributed by atoms with van der Waals surface area (Å²) in [6.45, 7) is 2.02.